The molecule has 0 bridgehead atoms. The van der Waals surface area contributed by atoms with E-state index in [9.17, 15) is 26.7 Å². The Morgan fingerprint density at radius 2 is 1.81 bits per heavy atom. The maximum absolute atomic E-state index is 13.3. The number of fused-ring (bicyclic) bond motifs is 3. The molecule has 3 rings (SSSR count). The third-order valence-electron chi connectivity index (χ3n) is 5.10. The highest BCUT2D eigenvalue weighted by Crippen LogP contribution is 2.43. The molecule has 0 aromatic carbocycles. The Morgan fingerprint density at radius 3 is 2.33 bits per heavy atom. The number of carbonyl (C=O) groups is 1. The highest BCUT2D eigenvalue weighted by Gasteiger charge is 2.46. The van der Waals surface area contributed by atoms with Gasteiger partial charge in [0.2, 0.25) is 0 Å². The van der Waals surface area contributed by atoms with Crippen LogP contribution in [-0.4, -0.2) is 54.1 Å². The predicted molar refractivity (Wildman–Crippen MR) is 90.1 cm³/mol. The minimum Gasteiger partial charge on any atom is -0.340 e. The molecule has 1 atom stereocenters. The van der Waals surface area contributed by atoms with E-state index >= 15 is 0 Å². The zero-order valence-electron chi connectivity index (χ0n) is 15.4. The van der Waals surface area contributed by atoms with E-state index in [-0.39, 0.29) is 23.0 Å². The number of hydrogen-bond donors (Lipinski definition) is 0. The summed E-state index contributed by atoms with van der Waals surface area (Å²) in [5.74, 6) is -0.380. The van der Waals surface area contributed by atoms with Crippen LogP contribution in [0.2, 0.25) is 0 Å². The van der Waals surface area contributed by atoms with E-state index in [1.807, 2.05) is 20.8 Å². The molecule has 2 aliphatic heterocycles. The van der Waals surface area contributed by atoms with E-state index < -0.39 is 29.9 Å². The molecule has 1 fully saturated rings. The first-order chi connectivity index (χ1) is 12.3. The highest BCUT2D eigenvalue weighted by atomic mass is 19.4. The molecule has 2 aliphatic rings. The van der Waals surface area contributed by atoms with Gasteiger partial charge in [0.15, 0.2) is 5.82 Å². The Balaban J connectivity index is 2.10. The minimum atomic E-state index is -4.99. The third-order valence-corrected chi connectivity index (χ3v) is 5.10. The Bertz CT molecular complexity index is 759. The SMILES string of the molecule is CN1C(=O)[C@@H]2CN(C(C)(C)C)CCN2c2nc(C(F)F)c(C(F)(F)F)cc21. The lowest BCUT2D eigenvalue weighted by atomic mass is 9.99. The summed E-state index contributed by atoms with van der Waals surface area (Å²) in [6.45, 7) is 7.20. The van der Waals surface area contributed by atoms with Crippen LogP contribution >= 0.6 is 0 Å². The largest absolute Gasteiger partial charge is 0.418 e. The Kier molecular flexibility index (Phi) is 4.61. The summed E-state index contributed by atoms with van der Waals surface area (Å²) in [7, 11) is 1.35. The van der Waals surface area contributed by atoms with Crippen molar-refractivity contribution >= 4 is 17.4 Å². The van der Waals surface area contributed by atoms with Crippen LogP contribution in [0.4, 0.5) is 33.5 Å². The van der Waals surface area contributed by atoms with Crippen molar-refractivity contribution in [1.82, 2.24) is 9.88 Å². The van der Waals surface area contributed by atoms with Crippen molar-refractivity contribution in [2.45, 2.75) is 45.0 Å². The monoisotopic (exact) mass is 392 g/mol. The van der Waals surface area contributed by atoms with Gasteiger partial charge in [-0.2, -0.15) is 13.2 Å². The number of halogens is 5. The number of aromatic nitrogens is 1. The minimum absolute atomic E-state index is 0.000964. The summed E-state index contributed by atoms with van der Waals surface area (Å²) in [5.41, 5.74) is -3.12. The smallest absolute Gasteiger partial charge is 0.340 e. The first kappa shape index (κ1) is 19.8. The molecular formula is C17H21F5N4O. The van der Waals surface area contributed by atoms with Crippen LogP contribution in [0.5, 0.6) is 0 Å². The summed E-state index contributed by atoms with van der Waals surface area (Å²) in [4.78, 5) is 21.2. The van der Waals surface area contributed by atoms with Crippen molar-refractivity contribution in [3.63, 3.8) is 0 Å². The highest BCUT2D eigenvalue weighted by molar-refractivity contribution is 6.04. The average molecular weight is 392 g/mol. The van der Waals surface area contributed by atoms with Crippen molar-refractivity contribution in [2.24, 2.45) is 0 Å². The van der Waals surface area contributed by atoms with E-state index in [2.05, 4.69) is 9.88 Å². The zero-order valence-corrected chi connectivity index (χ0v) is 15.4. The van der Waals surface area contributed by atoms with E-state index in [1.54, 1.807) is 4.90 Å². The number of hydrogen-bond acceptors (Lipinski definition) is 4. The van der Waals surface area contributed by atoms with Crippen LogP contribution in [0, 0.1) is 0 Å². The van der Waals surface area contributed by atoms with Gasteiger partial charge in [0.1, 0.15) is 11.7 Å². The Labute approximate surface area is 153 Å². The molecule has 0 N–H and O–H groups in total. The molecule has 0 radical (unpaired) electrons. The van der Waals surface area contributed by atoms with Crippen LogP contribution in [-0.2, 0) is 11.0 Å². The molecule has 0 aliphatic carbocycles. The molecule has 0 unspecified atom stereocenters. The summed E-state index contributed by atoms with van der Waals surface area (Å²) >= 11 is 0. The van der Waals surface area contributed by atoms with Crippen LogP contribution < -0.4 is 9.80 Å². The molecule has 1 aromatic heterocycles. The lowest BCUT2D eigenvalue weighted by molar-refractivity contribution is -0.140. The maximum Gasteiger partial charge on any atom is 0.418 e. The zero-order chi connectivity index (χ0) is 20.3. The number of amides is 1. The summed E-state index contributed by atoms with van der Waals surface area (Å²) in [6, 6.07) is -0.0705. The molecule has 10 heteroatoms. The number of nitrogens with zero attached hydrogens (tertiary/aromatic N) is 4. The van der Waals surface area contributed by atoms with Gasteiger partial charge in [-0.15, -0.1) is 0 Å². The Morgan fingerprint density at radius 1 is 1.19 bits per heavy atom. The van der Waals surface area contributed by atoms with Crippen LogP contribution in [0.15, 0.2) is 6.07 Å². The number of anilines is 2. The third kappa shape index (κ3) is 3.35. The lowest BCUT2D eigenvalue weighted by Crippen LogP contribution is -2.65. The van der Waals surface area contributed by atoms with Gasteiger partial charge in [0.25, 0.3) is 12.3 Å². The van der Waals surface area contributed by atoms with Crippen molar-refractivity contribution in [1.29, 1.82) is 0 Å². The quantitative estimate of drug-likeness (QED) is 0.688. The summed E-state index contributed by atoms with van der Waals surface area (Å²) < 4.78 is 66.2. The van der Waals surface area contributed by atoms with E-state index in [0.29, 0.717) is 25.7 Å². The molecule has 1 aromatic rings. The van der Waals surface area contributed by atoms with Gasteiger partial charge >= 0.3 is 6.18 Å². The molecule has 5 nitrogen and oxygen atoms in total. The molecule has 0 saturated carbocycles. The molecule has 27 heavy (non-hydrogen) atoms. The van der Waals surface area contributed by atoms with Gasteiger partial charge in [0, 0.05) is 32.2 Å². The molecular weight excluding hydrogens is 371 g/mol. The van der Waals surface area contributed by atoms with Gasteiger partial charge in [0.05, 0.1) is 11.3 Å². The number of rotatable bonds is 1. The first-order valence-electron chi connectivity index (χ1n) is 8.52. The topological polar surface area (TPSA) is 39.7 Å². The first-order valence-corrected chi connectivity index (χ1v) is 8.52. The van der Waals surface area contributed by atoms with Gasteiger partial charge in [-0.1, -0.05) is 0 Å². The summed E-state index contributed by atoms with van der Waals surface area (Å²) in [6.07, 6.45) is -8.36. The van der Waals surface area contributed by atoms with Gasteiger partial charge in [-0.05, 0) is 26.8 Å². The fourth-order valence-corrected chi connectivity index (χ4v) is 3.56. The molecule has 150 valence electrons. The fraction of sp³-hybridized carbons (Fsp3) is 0.647. The molecule has 3 heterocycles. The number of carbonyl (C=O) groups excluding carboxylic acids is 1. The van der Waals surface area contributed by atoms with Crippen molar-refractivity contribution in [2.75, 3.05) is 36.5 Å². The van der Waals surface area contributed by atoms with Gasteiger partial charge < -0.3 is 9.80 Å². The van der Waals surface area contributed by atoms with Crippen molar-refractivity contribution in [3.8, 4) is 0 Å². The predicted octanol–water partition coefficient (Wildman–Crippen LogP) is 3.30. The van der Waals surface area contributed by atoms with Crippen LogP contribution in [0.25, 0.3) is 0 Å². The molecule has 0 spiro atoms. The Hall–Kier alpha value is -1.97. The van der Waals surface area contributed by atoms with E-state index in [0.717, 1.165) is 4.90 Å². The maximum atomic E-state index is 13.3. The van der Waals surface area contributed by atoms with Gasteiger partial charge in [-0.3, -0.25) is 9.69 Å². The number of likely N-dealkylation sites (N-methyl/N-ethyl adjacent to an activating group) is 1. The molecule has 1 amide bonds. The van der Waals surface area contributed by atoms with Crippen LogP contribution in [0.1, 0.15) is 38.5 Å². The lowest BCUT2D eigenvalue weighted by Gasteiger charge is -2.50. The van der Waals surface area contributed by atoms with Crippen molar-refractivity contribution < 1.29 is 26.7 Å². The average Bonchev–Trinajstić information content (AvgIpc) is 2.56. The van der Waals surface area contributed by atoms with Crippen molar-refractivity contribution in [3.05, 3.63) is 17.3 Å². The number of alkyl halides is 5. The number of piperazine rings is 1. The second-order valence-electron chi connectivity index (χ2n) is 7.79. The fourth-order valence-electron chi connectivity index (χ4n) is 3.56. The second kappa shape index (κ2) is 6.29. The molecule has 1 saturated heterocycles. The van der Waals surface area contributed by atoms with Gasteiger partial charge in [-0.25, -0.2) is 13.8 Å². The summed E-state index contributed by atoms with van der Waals surface area (Å²) in [5, 5.41) is 0. The normalized spacial score (nSPS) is 21.6. The standard InChI is InChI=1S/C17H21F5N4O/c1-16(2,3)25-5-6-26-11(8-25)15(27)24(4)10-7-9(17(20,21)22)12(13(18)19)23-14(10)26/h7,11,13H,5-6,8H2,1-4H3/t11-/m0/s1. The van der Waals surface area contributed by atoms with Crippen LogP contribution in [0.3, 0.4) is 0 Å². The van der Waals surface area contributed by atoms with E-state index in [1.165, 1.54) is 7.05 Å². The van der Waals surface area contributed by atoms with E-state index in [4.69, 9.17) is 0 Å². The second-order valence-corrected chi connectivity index (χ2v) is 7.79. The number of pyridine rings is 1.